The lowest BCUT2D eigenvalue weighted by Crippen LogP contribution is -2.17. The highest BCUT2D eigenvalue weighted by Gasteiger charge is 2.29. The Labute approximate surface area is 105 Å². The molecule has 1 rings (SSSR count). The van der Waals surface area contributed by atoms with Crippen LogP contribution in [0.4, 0.5) is 17.6 Å². The molecular formula is C10H9Cl2F4N. The lowest BCUT2D eigenvalue weighted by molar-refractivity contribution is -0.136. The smallest absolute Gasteiger partial charge is 0.324 e. The Kier molecular flexibility index (Phi) is 4.63. The molecule has 0 aliphatic carbocycles. The van der Waals surface area contributed by atoms with Gasteiger partial charge >= 0.3 is 6.18 Å². The maximum Gasteiger partial charge on any atom is 0.389 e. The highest BCUT2D eigenvalue weighted by molar-refractivity contribution is 6.33. The molecule has 0 aliphatic heterocycles. The van der Waals surface area contributed by atoms with E-state index in [2.05, 4.69) is 0 Å². The van der Waals surface area contributed by atoms with Gasteiger partial charge in [0.05, 0.1) is 5.02 Å². The van der Waals surface area contributed by atoms with E-state index in [9.17, 15) is 17.6 Å². The fourth-order valence-corrected chi connectivity index (χ4v) is 1.80. The molecule has 17 heavy (non-hydrogen) atoms. The zero-order valence-corrected chi connectivity index (χ0v) is 10.0. The normalized spacial score (nSPS) is 13.8. The molecule has 1 aromatic carbocycles. The van der Waals surface area contributed by atoms with Crippen LogP contribution in [0.5, 0.6) is 0 Å². The third-order valence-corrected chi connectivity index (χ3v) is 2.81. The molecule has 1 nitrogen and oxygen atoms in total. The van der Waals surface area contributed by atoms with Crippen LogP contribution in [-0.2, 0) is 0 Å². The minimum atomic E-state index is -4.33. The standard InChI is InChI=1S/C10H9Cl2F4N/c11-5-1-2-6(12)9(13)8(5)7(17)3-4-10(14,15)16/h1-2,7H,3-4,17H2/t7-/m0/s1. The summed E-state index contributed by atoms with van der Waals surface area (Å²) >= 11 is 11.2. The fraction of sp³-hybridized carbons (Fsp3) is 0.400. The first-order chi connectivity index (χ1) is 7.72. The van der Waals surface area contributed by atoms with Crippen molar-refractivity contribution in [2.75, 3.05) is 0 Å². The molecule has 7 heteroatoms. The highest BCUT2D eigenvalue weighted by Crippen LogP contribution is 2.33. The van der Waals surface area contributed by atoms with Gasteiger partial charge in [-0.15, -0.1) is 0 Å². The van der Waals surface area contributed by atoms with E-state index in [1.54, 1.807) is 0 Å². The molecule has 1 aromatic rings. The van der Waals surface area contributed by atoms with Crippen molar-refractivity contribution in [1.82, 2.24) is 0 Å². The number of hydrogen-bond acceptors (Lipinski definition) is 1. The molecule has 0 unspecified atom stereocenters. The summed E-state index contributed by atoms with van der Waals surface area (Å²) in [5, 5.41) is -0.242. The van der Waals surface area contributed by atoms with Crippen molar-refractivity contribution in [2.45, 2.75) is 25.1 Å². The van der Waals surface area contributed by atoms with Crippen LogP contribution in [0, 0.1) is 5.82 Å². The zero-order chi connectivity index (χ0) is 13.2. The van der Waals surface area contributed by atoms with Crippen molar-refractivity contribution in [3.63, 3.8) is 0 Å². The predicted molar refractivity (Wildman–Crippen MR) is 58.6 cm³/mol. The van der Waals surface area contributed by atoms with Gasteiger partial charge in [0.1, 0.15) is 5.82 Å². The second-order valence-electron chi connectivity index (χ2n) is 3.52. The quantitative estimate of drug-likeness (QED) is 0.645. The first-order valence-electron chi connectivity index (χ1n) is 4.68. The molecular weight excluding hydrogens is 281 g/mol. The number of rotatable bonds is 3. The molecule has 0 amide bonds. The molecule has 0 saturated heterocycles. The van der Waals surface area contributed by atoms with Gasteiger partial charge in [0.25, 0.3) is 0 Å². The second-order valence-corrected chi connectivity index (χ2v) is 4.33. The summed E-state index contributed by atoms with van der Waals surface area (Å²) < 4.78 is 49.6. The summed E-state index contributed by atoms with van der Waals surface area (Å²) in [6.45, 7) is 0. The number of alkyl halides is 3. The molecule has 0 heterocycles. The topological polar surface area (TPSA) is 26.0 Å². The van der Waals surface area contributed by atoms with Crippen LogP contribution in [0.2, 0.25) is 10.0 Å². The zero-order valence-electron chi connectivity index (χ0n) is 8.49. The van der Waals surface area contributed by atoms with Crippen molar-refractivity contribution in [3.8, 4) is 0 Å². The SMILES string of the molecule is N[C@@H](CCC(F)(F)F)c1c(Cl)ccc(Cl)c1F. The first-order valence-corrected chi connectivity index (χ1v) is 5.43. The highest BCUT2D eigenvalue weighted by atomic mass is 35.5. The van der Waals surface area contributed by atoms with E-state index in [0.717, 1.165) is 0 Å². The maximum absolute atomic E-state index is 13.6. The average molecular weight is 290 g/mol. The van der Waals surface area contributed by atoms with Gasteiger partial charge in [-0.1, -0.05) is 23.2 Å². The largest absolute Gasteiger partial charge is 0.389 e. The van der Waals surface area contributed by atoms with Crippen molar-refractivity contribution < 1.29 is 17.6 Å². The van der Waals surface area contributed by atoms with Crippen LogP contribution >= 0.6 is 23.2 Å². The molecule has 0 radical (unpaired) electrons. The number of nitrogens with two attached hydrogens (primary N) is 1. The molecule has 0 saturated carbocycles. The Hall–Kier alpha value is -0.520. The minimum Gasteiger partial charge on any atom is -0.324 e. The van der Waals surface area contributed by atoms with Gasteiger partial charge < -0.3 is 5.73 Å². The summed E-state index contributed by atoms with van der Waals surface area (Å²) in [4.78, 5) is 0. The Balaban J connectivity index is 2.89. The average Bonchev–Trinajstić information content (AvgIpc) is 2.20. The lowest BCUT2D eigenvalue weighted by atomic mass is 10.0. The van der Waals surface area contributed by atoms with Crippen LogP contribution in [0.15, 0.2) is 12.1 Å². The van der Waals surface area contributed by atoms with E-state index >= 15 is 0 Å². The molecule has 2 N–H and O–H groups in total. The van der Waals surface area contributed by atoms with Gasteiger partial charge in [0.2, 0.25) is 0 Å². The van der Waals surface area contributed by atoms with E-state index in [1.807, 2.05) is 0 Å². The van der Waals surface area contributed by atoms with Gasteiger partial charge in [-0.05, 0) is 18.6 Å². The summed E-state index contributed by atoms with van der Waals surface area (Å²) in [5.41, 5.74) is 5.31. The van der Waals surface area contributed by atoms with Crippen molar-refractivity contribution in [3.05, 3.63) is 33.6 Å². The maximum atomic E-state index is 13.6. The van der Waals surface area contributed by atoms with Gasteiger partial charge in [0, 0.05) is 23.0 Å². The van der Waals surface area contributed by atoms with Crippen molar-refractivity contribution >= 4 is 23.2 Å². The van der Waals surface area contributed by atoms with E-state index in [0.29, 0.717) is 0 Å². The summed E-state index contributed by atoms with van der Waals surface area (Å²) in [5.74, 6) is -0.867. The second kappa shape index (κ2) is 5.42. The molecule has 1 atom stereocenters. The van der Waals surface area contributed by atoms with E-state index < -0.39 is 30.9 Å². The lowest BCUT2D eigenvalue weighted by Gasteiger charge is -2.16. The third kappa shape index (κ3) is 4.01. The van der Waals surface area contributed by atoms with Crippen LogP contribution in [-0.4, -0.2) is 6.18 Å². The number of benzene rings is 1. The molecule has 0 fully saturated rings. The van der Waals surface area contributed by atoms with E-state index in [4.69, 9.17) is 28.9 Å². The summed E-state index contributed by atoms with van der Waals surface area (Å²) in [7, 11) is 0. The number of halogens is 6. The molecule has 0 spiro atoms. The predicted octanol–water partition coefficient (Wildman–Crippen LogP) is 4.47. The van der Waals surface area contributed by atoms with Crippen molar-refractivity contribution in [1.29, 1.82) is 0 Å². The van der Waals surface area contributed by atoms with E-state index in [1.165, 1.54) is 12.1 Å². The van der Waals surface area contributed by atoms with E-state index in [-0.39, 0.29) is 15.6 Å². The van der Waals surface area contributed by atoms with Crippen molar-refractivity contribution in [2.24, 2.45) is 5.73 Å². The molecule has 0 aliphatic rings. The summed E-state index contributed by atoms with van der Waals surface area (Å²) in [6, 6.07) is 1.39. The van der Waals surface area contributed by atoms with Gasteiger partial charge in [0.15, 0.2) is 0 Å². The van der Waals surface area contributed by atoms with Crippen LogP contribution in [0.1, 0.15) is 24.4 Å². The Morgan fingerprint density at radius 2 is 1.71 bits per heavy atom. The third-order valence-electron chi connectivity index (χ3n) is 2.19. The van der Waals surface area contributed by atoms with Crippen LogP contribution < -0.4 is 5.73 Å². The Morgan fingerprint density at radius 1 is 1.18 bits per heavy atom. The van der Waals surface area contributed by atoms with Crippen LogP contribution in [0.3, 0.4) is 0 Å². The number of hydrogen-bond donors (Lipinski definition) is 1. The summed E-state index contributed by atoms with van der Waals surface area (Å²) in [6.07, 6.45) is -5.88. The Morgan fingerprint density at radius 3 is 2.24 bits per heavy atom. The van der Waals surface area contributed by atoms with Gasteiger partial charge in [-0.2, -0.15) is 13.2 Å². The minimum absolute atomic E-state index is 0.0263. The molecule has 0 bridgehead atoms. The molecule has 96 valence electrons. The van der Waals surface area contributed by atoms with Gasteiger partial charge in [-0.3, -0.25) is 0 Å². The first kappa shape index (κ1) is 14.5. The fourth-order valence-electron chi connectivity index (χ4n) is 1.35. The van der Waals surface area contributed by atoms with Crippen LogP contribution in [0.25, 0.3) is 0 Å². The Bertz CT molecular complexity index is 406. The van der Waals surface area contributed by atoms with Gasteiger partial charge in [-0.25, -0.2) is 4.39 Å². The molecule has 0 aromatic heterocycles. The monoisotopic (exact) mass is 289 g/mol.